The van der Waals surface area contributed by atoms with Crippen LogP contribution in [0.1, 0.15) is 45.4 Å². The first-order valence-corrected chi connectivity index (χ1v) is 7.40. The fourth-order valence-electron chi connectivity index (χ4n) is 2.68. The van der Waals surface area contributed by atoms with Crippen LogP contribution in [0.25, 0.3) is 0 Å². The van der Waals surface area contributed by atoms with Gasteiger partial charge in [-0.1, -0.05) is 18.9 Å². The van der Waals surface area contributed by atoms with Gasteiger partial charge < -0.3 is 10.1 Å². The maximum atomic E-state index is 11.3. The van der Waals surface area contributed by atoms with E-state index < -0.39 is 0 Å². The van der Waals surface area contributed by atoms with Gasteiger partial charge in [-0.2, -0.15) is 0 Å². The number of nitrogens with zero attached hydrogens (tertiary/aromatic N) is 1. The van der Waals surface area contributed by atoms with Gasteiger partial charge in [0, 0.05) is 6.54 Å². The van der Waals surface area contributed by atoms with Crippen molar-refractivity contribution in [3.63, 3.8) is 0 Å². The summed E-state index contributed by atoms with van der Waals surface area (Å²) in [7, 11) is 0. The summed E-state index contributed by atoms with van der Waals surface area (Å²) in [5.74, 6) is 0.389. The molecule has 110 valence electrons. The molecule has 0 atom stereocenters. The molecule has 5 heteroatoms. The highest BCUT2D eigenvalue weighted by Crippen LogP contribution is 2.36. The fourth-order valence-corrected chi connectivity index (χ4v) is 2.68. The van der Waals surface area contributed by atoms with E-state index in [0.717, 1.165) is 25.7 Å². The normalized spacial score (nSPS) is 16.4. The first-order chi connectivity index (χ1) is 9.72. The SMILES string of the molecule is CCNc1cccc(OC2CCCCCC2)c1[N+](=O)[O-]. The van der Waals surface area contributed by atoms with Gasteiger partial charge in [0.25, 0.3) is 0 Å². The Hall–Kier alpha value is -1.78. The molecule has 0 spiro atoms. The van der Waals surface area contributed by atoms with Gasteiger partial charge in [0.2, 0.25) is 0 Å². The van der Waals surface area contributed by atoms with E-state index in [4.69, 9.17) is 4.74 Å². The van der Waals surface area contributed by atoms with Crippen LogP contribution in [0.15, 0.2) is 18.2 Å². The highest BCUT2D eigenvalue weighted by Gasteiger charge is 2.23. The molecule has 1 saturated carbocycles. The van der Waals surface area contributed by atoms with E-state index in [1.807, 2.05) is 6.92 Å². The number of rotatable bonds is 5. The van der Waals surface area contributed by atoms with Crippen LogP contribution in [0.2, 0.25) is 0 Å². The lowest BCUT2D eigenvalue weighted by Gasteiger charge is -2.17. The first kappa shape index (κ1) is 14.6. The van der Waals surface area contributed by atoms with E-state index in [1.165, 1.54) is 12.8 Å². The van der Waals surface area contributed by atoms with Crippen molar-refractivity contribution in [3.8, 4) is 5.75 Å². The van der Waals surface area contributed by atoms with Gasteiger partial charge in [-0.15, -0.1) is 0 Å². The lowest BCUT2D eigenvalue weighted by atomic mass is 10.1. The standard InChI is InChI=1S/C15H22N2O3/c1-2-16-13-10-7-11-14(15(13)17(18)19)20-12-8-5-3-4-6-9-12/h7,10-12,16H,2-6,8-9H2,1H3. The highest BCUT2D eigenvalue weighted by molar-refractivity contribution is 5.68. The molecule has 0 radical (unpaired) electrons. The monoisotopic (exact) mass is 278 g/mol. The molecule has 0 amide bonds. The second-order valence-electron chi connectivity index (χ2n) is 5.17. The van der Waals surface area contributed by atoms with Crippen LogP contribution >= 0.6 is 0 Å². The van der Waals surface area contributed by atoms with Crippen molar-refractivity contribution in [3.05, 3.63) is 28.3 Å². The Morgan fingerprint density at radius 2 is 2.00 bits per heavy atom. The van der Waals surface area contributed by atoms with Gasteiger partial charge in [0.15, 0.2) is 5.75 Å². The van der Waals surface area contributed by atoms with E-state index in [2.05, 4.69) is 5.32 Å². The third-order valence-corrected chi connectivity index (χ3v) is 3.64. The average molecular weight is 278 g/mol. The minimum Gasteiger partial charge on any atom is -0.483 e. The zero-order chi connectivity index (χ0) is 14.4. The van der Waals surface area contributed by atoms with Crippen LogP contribution < -0.4 is 10.1 Å². The first-order valence-electron chi connectivity index (χ1n) is 7.40. The third kappa shape index (κ3) is 3.62. The van der Waals surface area contributed by atoms with E-state index in [-0.39, 0.29) is 16.7 Å². The second kappa shape index (κ2) is 7.12. The average Bonchev–Trinajstić information content (AvgIpc) is 2.67. The van der Waals surface area contributed by atoms with Crippen LogP contribution in [0.4, 0.5) is 11.4 Å². The molecule has 0 unspecified atom stereocenters. The van der Waals surface area contributed by atoms with Gasteiger partial charge >= 0.3 is 5.69 Å². The molecular weight excluding hydrogens is 256 g/mol. The summed E-state index contributed by atoms with van der Waals surface area (Å²) in [4.78, 5) is 11.0. The van der Waals surface area contributed by atoms with Gasteiger partial charge in [-0.05, 0) is 44.7 Å². The fraction of sp³-hybridized carbons (Fsp3) is 0.600. The predicted molar refractivity (Wildman–Crippen MR) is 79.4 cm³/mol. The minimum atomic E-state index is -0.357. The lowest BCUT2D eigenvalue weighted by Crippen LogP contribution is -2.16. The zero-order valence-electron chi connectivity index (χ0n) is 11.9. The number of anilines is 1. The van der Waals surface area contributed by atoms with Crippen molar-refractivity contribution in [2.75, 3.05) is 11.9 Å². The Balaban J connectivity index is 2.21. The van der Waals surface area contributed by atoms with Crippen LogP contribution in [0.3, 0.4) is 0 Å². The quantitative estimate of drug-likeness (QED) is 0.499. The van der Waals surface area contributed by atoms with Crippen molar-refractivity contribution < 1.29 is 9.66 Å². The molecule has 5 nitrogen and oxygen atoms in total. The largest absolute Gasteiger partial charge is 0.483 e. The molecule has 1 aromatic carbocycles. The van der Waals surface area contributed by atoms with E-state index in [1.54, 1.807) is 18.2 Å². The summed E-state index contributed by atoms with van der Waals surface area (Å²) in [6, 6.07) is 5.22. The molecule has 1 N–H and O–H groups in total. The van der Waals surface area contributed by atoms with Crippen molar-refractivity contribution in [2.45, 2.75) is 51.6 Å². The molecule has 2 rings (SSSR count). The minimum absolute atomic E-state index is 0.0543. The molecular formula is C15H22N2O3. The molecule has 0 bridgehead atoms. The number of para-hydroxylation sites is 1. The Bertz CT molecular complexity index is 454. The molecule has 1 fully saturated rings. The molecule has 1 aromatic rings. The third-order valence-electron chi connectivity index (χ3n) is 3.64. The summed E-state index contributed by atoms with van der Waals surface area (Å²) in [6.45, 7) is 2.57. The molecule has 0 aromatic heterocycles. The Kier molecular flexibility index (Phi) is 5.21. The van der Waals surface area contributed by atoms with Gasteiger partial charge in [-0.25, -0.2) is 0 Å². The molecule has 0 saturated heterocycles. The maximum Gasteiger partial charge on any atom is 0.333 e. The van der Waals surface area contributed by atoms with Crippen LogP contribution in [0.5, 0.6) is 5.75 Å². The second-order valence-corrected chi connectivity index (χ2v) is 5.17. The Labute approximate surface area is 119 Å². The smallest absolute Gasteiger partial charge is 0.333 e. The summed E-state index contributed by atoms with van der Waals surface area (Å²) in [5, 5.41) is 14.3. The molecule has 0 heterocycles. The molecule has 1 aliphatic carbocycles. The highest BCUT2D eigenvalue weighted by atomic mass is 16.6. The summed E-state index contributed by atoms with van der Waals surface area (Å²) >= 11 is 0. The van der Waals surface area contributed by atoms with Gasteiger partial charge in [-0.3, -0.25) is 10.1 Å². The van der Waals surface area contributed by atoms with Crippen molar-refractivity contribution in [1.82, 2.24) is 0 Å². The van der Waals surface area contributed by atoms with Crippen LogP contribution in [0, 0.1) is 10.1 Å². The maximum absolute atomic E-state index is 11.3. The predicted octanol–water partition coefficient (Wildman–Crippen LogP) is 4.13. The topological polar surface area (TPSA) is 64.4 Å². The van der Waals surface area contributed by atoms with Crippen LogP contribution in [-0.2, 0) is 0 Å². The van der Waals surface area contributed by atoms with E-state index >= 15 is 0 Å². The number of nitrogens with one attached hydrogen (secondary N) is 1. The Morgan fingerprint density at radius 3 is 2.60 bits per heavy atom. The van der Waals surface area contributed by atoms with Crippen molar-refractivity contribution in [2.24, 2.45) is 0 Å². The molecule has 0 aliphatic heterocycles. The number of hydrogen-bond acceptors (Lipinski definition) is 4. The van der Waals surface area contributed by atoms with Crippen molar-refractivity contribution in [1.29, 1.82) is 0 Å². The van der Waals surface area contributed by atoms with Crippen LogP contribution in [-0.4, -0.2) is 17.6 Å². The summed E-state index contributed by atoms with van der Waals surface area (Å²) in [5.41, 5.74) is 0.585. The Morgan fingerprint density at radius 1 is 1.30 bits per heavy atom. The zero-order valence-corrected chi connectivity index (χ0v) is 11.9. The van der Waals surface area contributed by atoms with Crippen molar-refractivity contribution >= 4 is 11.4 Å². The number of benzene rings is 1. The van der Waals surface area contributed by atoms with Gasteiger partial charge in [0.05, 0.1) is 11.0 Å². The number of ether oxygens (including phenoxy) is 1. The van der Waals surface area contributed by atoms with Gasteiger partial charge in [0.1, 0.15) is 5.69 Å². The van der Waals surface area contributed by atoms with E-state index in [0.29, 0.717) is 18.0 Å². The summed E-state index contributed by atoms with van der Waals surface area (Å²) < 4.78 is 5.93. The number of nitro benzene ring substituents is 1. The molecule has 20 heavy (non-hydrogen) atoms. The summed E-state index contributed by atoms with van der Waals surface area (Å²) in [6.07, 6.45) is 6.84. The number of nitro groups is 1. The van der Waals surface area contributed by atoms with E-state index in [9.17, 15) is 10.1 Å². The number of hydrogen-bond donors (Lipinski definition) is 1. The lowest BCUT2D eigenvalue weighted by molar-refractivity contribution is -0.385. The molecule has 1 aliphatic rings.